The summed E-state index contributed by atoms with van der Waals surface area (Å²) in [7, 11) is 0. The largest absolute Gasteiger partial charge is 0.409 e. The Kier molecular flexibility index (Phi) is 5.60. The molecule has 0 amide bonds. The number of alkyl halides is 6. The minimum atomic E-state index is -4.58. The molecule has 0 heterocycles. The van der Waals surface area contributed by atoms with Crippen molar-refractivity contribution in [2.75, 3.05) is 12.3 Å². The lowest BCUT2D eigenvalue weighted by atomic mass is 10.2. The predicted molar refractivity (Wildman–Crippen MR) is 63.4 cm³/mol. The van der Waals surface area contributed by atoms with Crippen molar-refractivity contribution in [3.63, 3.8) is 0 Å². The lowest BCUT2D eigenvalue weighted by molar-refractivity contribution is -0.119. The Morgan fingerprint density at radius 3 is 2.19 bits per heavy atom. The summed E-state index contributed by atoms with van der Waals surface area (Å²) in [4.78, 5) is 0.0784. The Labute approximate surface area is 119 Å². The number of aryl methyl sites for hydroxylation is 1. The van der Waals surface area contributed by atoms with Crippen LogP contribution < -0.4 is 0 Å². The van der Waals surface area contributed by atoms with Gasteiger partial charge >= 0.3 is 12.4 Å². The van der Waals surface area contributed by atoms with Crippen LogP contribution in [0.15, 0.2) is 27.3 Å². The maximum atomic E-state index is 13.5. The van der Waals surface area contributed by atoms with E-state index < -0.39 is 36.2 Å². The molecule has 1 aromatic rings. The molecule has 2 nitrogen and oxygen atoms in total. The Balaban J connectivity index is 2.90. The van der Waals surface area contributed by atoms with Crippen molar-refractivity contribution in [3.8, 4) is 0 Å². The number of benzene rings is 1. The van der Waals surface area contributed by atoms with Gasteiger partial charge in [0.1, 0.15) is 5.69 Å². The monoisotopic (exact) mass is 334 g/mol. The van der Waals surface area contributed by atoms with Gasteiger partial charge in [-0.3, -0.25) is 0 Å². The van der Waals surface area contributed by atoms with Gasteiger partial charge in [0.05, 0.1) is 5.75 Å². The molecule has 0 saturated heterocycles. The molecule has 0 aliphatic rings. The number of hydrogen-bond acceptors (Lipinski definition) is 3. The zero-order chi connectivity index (χ0) is 16.3. The van der Waals surface area contributed by atoms with Gasteiger partial charge in [-0.25, -0.2) is 4.39 Å². The summed E-state index contributed by atoms with van der Waals surface area (Å²) in [5.41, 5.74) is -0.300. The topological polar surface area (TPSA) is 24.7 Å². The minimum Gasteiger partial charge on any atom is -0.205 e. The number of nitrogens with zero attached hydrogens (tertiary/aromatic N) is 2. The Bertz CT molecular complexity index is 523. The van der Waals surface area contributed by atoms with Crippen LogP contribution in [0.1, 0.15) is 5.56 Å². The smallest absolute Gasteiger partial charge is 0.205 e. The molecule has 0 fully saturated rings. The van der Waals surface area contributed by atoms with E-state index in [1.807, 2.05) is 0 Å². The molecule has 0 bridgehead atoms. The number of hydrogen-bond donors (Lipinski definition) is 0. The average molecular weight is 334 g/mol. The quantitative estimate of drug-likeness (QED) is 0.409. The van der Waals surface area contributed by atoms with E-state index in [1.54, 1.807) is 0 Å². The van der Waals surface area contributed by atoms with Gasteiger partial charge in [-0.1, -0.05) is 0 Å². The average Bonchev–Trinajstić information content (AvgIpc) is 2.27. The second-order valence-electron chi connectivity index (χ2n) is 3.99. The van der Waals surface area contributed by atoms with E-state index in [0.717, 1.165) is 12.1 Å². The van der Waals surface area contributed by atoms with E-state index in [0.29, 0.717) is 11.8 Å². The Morgan fingerprint density at radius 2 is 1.67 bits per heavy atom. The molecule has 0 N–H and O–H groups in total. The fraction of sp³-hybridized carbons (Fsp3) is 0.455. The Hall–Kier alpha value is -1.32. The summed E-state index contributed by atoms with van der Waals surface area (Å²) in [6.07, 6.45) is -9.00. The standard InChI is InChI=1S/C11H9F7N2S/c1-6-2-7(12)8(20-19-4-10(13,14)15)3-9(6)21-5-11(16,17)18/h2-3H,4-5H2,1H3. The number of rotatable bonds is 4. The zero-order valence-corrected chi connectivity index (χ0v) is 11.3. The summed E-state index contributed by atoms with van der Waals surface area (Å²) >= 11 is 0.400. The highest BCUT2D eigenvalue weighted by Crippen LogP contribution is 2.33. The molecule has 0 unspecified atom stereocenters. The second-order valence-corrected chi connectivity index (χ2v) is 5.00. The number of azo groups is 1. The highest BCUT2D eigenvalue weighted by atomic mass is 32.2. The summed E-state index contributed by atoms with van der Waals surface area (Å²) in [6, 6.07) is 1.85. The van der Waals surface area contributed by atoms with Crippen molar-refractivity contribution < 1.29 is 30.7 Å². The molecule has 21 heavy (non-hydrogen) atoms. The maximum absolute atomic E-state index is 13.5. The molecule has 0 aliphatic heterocycles. The minimum absolute atomic E-state index is 0.0784. The van der Waals surface area contributed by atoms with Crippen LogP contribution in [0.5, 0.6) is 0 Å². The molecule has 118 valence electrons. The van der Waals surface area contributed by atoms with Gasteiger partial charge in [0, 0.05) is 4.90 Å². The Morgan fingerprint density at radius 1 is 1.05 bits per heavy atom. The van der Waals surface area contributed by atoms with Gasteiger partial charge in [0.25, 0.3) is 0 Å². The van der Waals surface area contributed by atoms with Gasteiger partial charge in [0.2, 0.25) is 0 Å². The van der Waals surface area contributed by atoms with E-state index in [-0.39, 0.29) is 10.5 Å². The molecular weight excluding hydrogens is 325 g/mol. The maximum Gasteiger partial charge on any atom is 0.409 e. The molecule has 0 aromatic heterocycles. The van der Waals surface area contributed by atoms with Crippen molar-refractivity contribution in [2.24, 2.45) is 10.2 Å². The van der Waals surface area contributed by atoms with E-state index >= 15 is 0 Å². The van der Waals surface area contributed by atoms with Crippen molar-refractivity contribution in [3.05, 3.63) is 23.5 Å². The first kappa shape index (κ1) is 17.7. The van der Waals surface area contributed by atoms with Gasteiger partial charge in [-0.05, 0) is 24.6 Å². The first-order valence-corrected chi connectivity index (χ1v) is 6.40. The lowest BCUT2D eigenvalue weighted by Gasteiger charge is -2.09. The van der Waals surface area contributed by atoms with Gasteiger partial charge in [-0.15, -0.1) is 11.8 Å². The van der Waals surface area contributed by atoms with Gasteiger partial charge in [0.15, 0.2) is 12.4 Å². The molecular formula is C11H9F7N2S. The predicted octanol–water partition coefficient (Wildman–Crippen LogP) is 5.43. The number of halogens is 7. The van der Waals surface area contributed by atoms with Crippen LogP contribution in [-0.2, 0) is 0 Å². The third kappa shape index (κ3) is 6.78. The van der Waals surface area contributed by atoms with Crippen LogP contribution in [0, 0.1) is 12.7 Å². The van der Waals surface area contributed by atoms with Crippen molar-refractivity contribution in [2.45, 2.75) is 24.2 Å². The summed E-state index contributed by atoms with van der Waals surface area (Å²) in [6.45, 7) is -0.205. The lowest BCUT2D eigenvalue weighted by Crippen LogP contribution is -2.11. The first-order valence-electron chi connectivity index (χ1n) is 5.42. The van der Waals surface area contributed by atoms with Crippen molar-refractivity contribution >= 4 is 17.4 Å². The molecule has 0 atom stereocenters. The molecule has 10 heteroatoms. The van der Waals surface area contributed by atoms with Gasteiger partial charge in [-0.2, -0.15) is 36.6 Å². The third-order valence-electron chi connectivity index (χ3n) is 2.06. The van der Waals surface area contributed by atoms with Crippen LogP contribution in [-0.4, -0.2) is 24.7 Å². The fourth-order valence-electron chi connectivity index (χ4n) is 1.23. The molecule has 0 radical (unpaired) electrons. The highest BCUT2D eigenvalue weighted by Gasteiger charge is 2.28. The van der Waals surface area contributed by atoms with E-state index in [4.69, 9.17) is 0 Å². The summed E-state index contributed by atoms with van der Waals surface area (Å²) < 4.78 is 85.5. The molecule has 0 aliphatic carbocycles. The molecule has 1 rings (SSSR count). The second kappa shape index (κ2) is 6.63. The highest BCUT2D eigenvalue weighted by molar-refractivity contribution is 7.99. The fourth-order valence-corrected chi connectivity index (χ4v) is 2.03. The summed E-state index contributed by atoms with van der Waals surface area (Å²) in [5.74, 6) is -2.15. The first-order chi connectivity index (χ1) is 9.48. The van der Waals surface area contributed by atoms with Crippen molar-refractivity contribution in [1.29, 1.82) is 0 Å². The molecule has 0 spiro atoms. The van der Waals surface area contributed by atoms with Crippen LogP contribution in [0.25, 0.3) is 0 Å². The SMILES string of the molecule is Cc1cc(F)c(N=NCC(F)(F)F)cc1SCC(F)(F)F. The third-order valence-corrected chi connectivity index (χ3v) is 3.29. The van der Waals surface area contributed by atoms with Gasteiger partial charge < -0.3 is 0 Å². The van der Waals surface area contributed by atoms with E-state index in [1.165, 1.54) is 6.92 Å². The number of thioether (sulfide) groups is 1. The van der Waals surface area contributed by atoms with Crippen LogP contribution in [0.4, 0.5) is 36.4 Å². The van der Waals surface area contributed by atoms with E-state index in [2.05, 4.69) is 10.2 Å². The van der Waals surface area contributed by atoms with E-state index in [9.17, 15) is 30.7 Å². The van der Waals surface area contributed by atoms with Crippen molar-refractivity contribution in [1.82, 2.24) is 0 Å². The molecule has 0 saturated carbocycles. The van der Waals surface area contributed by atoms with Crippen LogP contribution >= 0.6 is 11.8 Å². The summed E-state index contributed by atoms with van der Waals surface area (Å²) in [5, 5.41) is 5.85. The molecule has 1 aromatic carbocycles. The normalized spacial score (nSPS) is 13.1. The van der Waals surface area contributed by atoms with Crippen LogP contribution in [0.3, 0.4) is 0 Å². The van der Waals surface area contributed by atoms with Crippen LogP contribution in [0.2, 0.25) is 0 Å². The zero-order valence-electron chi connectivity index (χ0n) is 10.5.